The van der Waals surface area contributed by atoms with E-state index in [9.17, 15) is 4.39 Å². The van der Waals surface area contributed by atoms with E-state index < -0.39 is 0 Å². The lowest BCUT2D eigenvalue weighted by Gasteiger charge is -2.16. The number of benzene rings is 2. The van der Waals surface area contributed by atoms with Crippen molar-refractivity contribution in [2.45, 2.75) is 13.0 Å². The fourth-order valence-corrected chi connectivity index (χ4v) is 2.61. The van der Waals surface area contributed by atoms with Gasteiger partial charge in [-0.05, 0) is 63.8 Å². The second-order valence-corrected chi connectivity index (χ2v) is 5.92. The molecule has 1 unspecified atom stereocenters. The van der Waals surface area contributed by atoms with Crippen LogP contribution in [-0.4, -0.2) is 0 Å². The molecule has 2 aromatic rings. The van der Waals surface area contributed by atoms with Crippen LogP contribution in [0.4, 0.5) is 4.39 Å². The van der Waals surface area contributed by atoms with Gasteiger partial charge >= 0.3 is 0 Å². The number of halogens is 3. The second kappa shape index (κ2) is 5.51. The van der Waals surface area contributed by atoms with E-state index >= 15 is 0 Å². The lowest BCUT2D eigenvalue weighted by molar-refractivity contribution is 0.619. The summed E-state index contributed by atoms with van der Waals surface area (Å²) in [7, 11) is 0. The van der Waals surface area contributed by atoms with Gasteiger partial charge in [0, 0.05) is 4.47 Å². The summed E-state index contributed by atoms with van der Waals surface area (Å²) in [5, 5.41) is 0. The Bertz CT molecular complexity index is 584. The van der Waals surface area contributed by atoms with E-state index in [1.54, 1.807) is 12.1 Å². The van der Waals surface area contributed by atoms with E-state index in [0.29, 0.717) is 4.47 Å². The van der Waals surface area contributed by atoms with Gasteiger partial charge < -0.3 is 5.73 Å². The number of hydrogen-bond acceptors (Lipinski definition) is 1. The first kappa shape index (κ1) is 13.7. The lowest BCUT2D eigenvalue weighted by Crippen LogP contribution is -2.13. The molecule has 1 atom stereocenters. The molecule has 0 spiro atoms. The largest absolute Gasteiger partial charge is 0.320 e. The zero-order valence-corrected chi connectivity index (χ0v) is 12.9. The van der Waals surface area contributed by atoms with Gasteiger partial charge in [-0.15, -0.1) is 0 Å². The Labute approximate surface area is 122 Å². The maximum absolute atomic E-state index is 13.2. The molecular formula is C14H12Br2FN. The minimum Gasteiger partial charge on any atom is -0.320 e. The topological polar surface area (TPSA) is 26.0 Å². The molecule has 2 N–H and O–H groups in total. The maximum Gasteiger partial charge on any atom is 0.137 e. The van der Waals surface area contributed by atoms with Gasteiger partial charge in [0.1, 0.15) is 5.82 Å². The highest BCUT2D eigenvalue weighted by atomic mass is 79.9. The lowest BCUT2D eigenvalue weighted by atomic mass is 9.96. The van der Waals surface area contributed by atoms with Crippen LogP contribution in [0.15, 0.2) is 45.3 Å². The van der Waals surface area contributed by atoms with Crippen LogP contribution in [-0.2, 0) is 0 Å². The summed E-state index contributed by atoms with van der Waals surface area (Å²) in [5.41, 5.74) is 9.27. The Kier molecular flexibility index (Phi) is 4.20. The molecule has 18 heavy (non-hydrogen) atoms. The molecule has 4 heteroatoms. The van der Waals surface area contributed by atoms with Gasteiger partial charge in [0.05, 0.1) is 10.5 Å². The predicted molar refractivity (Wildman–Crippen MR) is 79.0 cm³/mol. The van der Waals surface area contributed by atoms with E-state index in [1.807, 2.05) is 25.1 Å². The third-order valence-corrected chi connectivity index (χ3v) is 3.98. The standard InChI is InChI=1S/C14H12Br2FN/c1-8-2-4-10(15)7-11(8)14(18)9-3-5-13(17)12(16)6-9/h2-7,14H,18H2,1H3. The van der Waals surface area contributed by atoms with Gasteiger partial charge in [-0.2, -0.15) is 0 Å². The van der Waals surface area contributed by atoms with Crippen LogP contribution in [0.2, 0.25) is 0 Å². The Morgan fingerprint density at radius 2 is 1.83 bits per heavy atom. The van der Waals surface area contributed by atoms with E-state index in [0.717, 1.165) is 21.2 Å². The molecule has 0 aliphatic rings. The van der Waals surface area contributed by atoms with E-state index in [1.165, 1.54) is 6.07 Å². The molecule has 0 radical (unpaired) electrons. The summed E-state index contributed by atoms with van der Waals surface area (Å²) in [6.45, 7) is 2.01. The average Bonchev–Trinajstić information content (AvgIpc) is 2.35. The highest BCUT2D eigenvalue weighted by Gasteiger charge is 2.13. The monoisotopic (exact) mass is 371 g/mol. The second-order valence-electron chi connectivity index (χ2n) is 4.15. The van der Waals surface area contributed by atoms with Crippen molar-refractivity contribution in [2.24, 2.45) is 5.73 Å². The molecule has 0 aliphatic carbocycles. The quantitative estimate of drug-likeness (QED) is 0.811. The summed E-state index contributed by atoms with van der Waals surface area (Å²) in [4.78, 5) is 0. The van der Waals surface area contributed by atoms with Crippen molar-refractivity contribution in [3.8, 4) is 0 Å². The van der Waals surface area contributed by atoms with Crippen molar-refractivity contribution in [3.63, 3.8) is 0 Å². The van der Waals surface area contributed by atoms with E-state index in [-0.39, 0.29) is 11.9 Å². The van der Waals surface area contributed by atoms with Crippen molar-refractivity contribution in [1.29, 1.82) is 0 Å². The van der Waals surface area contributed by atoms with Crippen molar-refractivity contribution in [2.75, 3.05) is 0 Å². The molecule has 0 saturated carbocycles. The molecule has 0 aromatic heterocycles. The number of rotatable bonds is 2. The van der Waals surface area contributed by atoms with Crippen molar-refractivity contribution >= 4 is 31.9 Å². The first-order valence-electron chi connectivity index (χ1n) is 5.45. The Balaban J connectivity index is 2.44. The van der Waals surface area contributed by atoms with Crippen LogP contribution in [0, 0.1) is 12.7 Å². The van der Waals surface area contributed by atoms with Crippen molar-refractivity contribution in [3.05, 3.63) is 67.9 Å². The van der Waals surface area contributed by atoms with Gasteiger partial charge in [0.2, 0.25) is 0 Å². The molecule has 2 rings (SSSR count). The SMILES string of the molecule is Cc1ccc(Br)cc1C(N)c1ccc(F)c(Br)c1. The van der Waals surface area contributed by atoms with Crippen LogP contribution in [0.25, 0.3) is 0 Å². The van der Waals surface area contributed by atoms with Gasteiger partial charge in [-0.25, -0.2) is 4.39 Å². The van der Waals surface area contributed by atoms with Crippen LogP contribution in [0.5, 0.6) is 0 Å². The van der Waals surface area contributed by atoms with Crippen molar-refractivity contribution < 1.29 is 4.39 Å². The summed E-state index contributed by atoms with van der Waals surface area (Å²) in [6.07, 6.45) is 0. The zero-order valence-electron chi connectivity index (χ0n) is 9.75. The molecule has 0 heterocycles. The summed E-state index contributed by atoms with van der Waals surface area (Å²) in [5.74, 6) is -0.281. The normalized spacial score (nSPS) is 12.5. The average molecular weight is 373 g/mol. The van der Waals surface area contributed by atoms with Crippen LogP contribution < -0.4 is 5.73 Å². The fourth-order valence-electron chi connectivity index (χ4n) is 1.83. The molecule has 0 bridgehead atoms. The molecule has 0 amide bonds. The third-order valence-electron chi connectivity index (χ3n) is 2.88. The zero-order chi connectivity index (χ0) is 13.3. The molecule has 94 valence electrons. The first-order valence-corrected chi connectivity index (χ1v) is 7.04. The number of aryl methyl sites for hydroxylation is 1. The van der Waals surface area contributed by atoms with Crippen LogP contribution in [0.3, 0.4) is 0 Å². The molecule has 1 nitrogen and oxygen atoms in total. The van der Waals surface area contributed by atoms with E-state index in [2.05, 4.69) is 31.9 Å². The smallest absolute Gasteiger partial charge is 0.137 e. The maximum atomic E-state index is 13.2. The minimum absolute atomic E-state index is 0.264. The Hall–Kier alpha value is -0.710. The highest BCUT2D eigenvalue weighted by molar-refractivity contribution is 9.10. The third kappa shape index (κ3) is 2.82. The highest BCUT2D eigenvalue weighted by Crippen LogP contribution is 2.28. The molecule has 0 aliphatic heterocycles. The van der Waals surface area contributed by atoms with Gasteiger partial charge in [0.15, 0.2) is 0 Å². The van der Waals surface area contributed by atoms with Gasteiger partial charge in [-0.3, -0.25) is 0 Å². The van der Waals surface area contributed by atoms with Crippen molar-refractivity contribution in [1.82, 2.24) is 0 Å². The first-order chi connectivity index (χ1) is 8.49. The predicted octanol–water partition coefficient (Wildman–Crippen LogP) is 4.71. The number of nitrogens with two attached hydrogens (primary N) is 1. The minimum atomic E-state index is -0.281. The van der Waals surface area contributed by atoms with Crippen LogP contribution in [0.1, 0.15) is 22.7 Å². The molecular weight excluding hydrogens is 361 g/mol. The van der Waals surface area contributed by atoms with E-state index in [4.69, 9.17) is 5.73 Å². The molecule has 0 fully saturated rings. The molecule has 0 saturated heterocycles. The fraction of sp³-hybridized carbons (Fsp3) is 0.143. The Morgan fingerprint density at radius 3 is 2.50 bits per heavy atom. The van der Waals surface area contributed by atoms with Gasteiger partial charge in [0.25, 0.3) is 0 Å². The Morgan fingerprint density at radius 1 is 1.11 bits per heavy atom. The summed E-state index contributed by atoms with van der Waals surface area (Å²) < 4.78 is 14.6. The molecule has 2 aromatic carbocycles. The van der Waals surface area contributed by atoms with Crippen LogP contribution >= 0.6 is 31.9 Å². The summed E-state index contributed by atoms with van der Waals surface area (Å²) in [6, 6.07) is 10.6. The van der Waals surface area contributed by atoms with Gasteiger partial charge in [-0.1, -0.05) is 28.1 Å². The number of hydrogen-bond donors (Lipinski definition) is 1. The summed E-state index contributed by atoms with van der Waals surface area (Å²) >= 11 is 6.62.